The summed E-state index contributed by atoms with van der Waals surface area (Å²) in [5, 5.41) is 8.53. The molecule has 14 heavy (non-hydrogen) atoms. The maximum atomic E-state index is 6.07. The summed E-state index contributed by atoms with van der Waals surface area (Å²) in [7, 11) is 0. The molecule has 0 spiro atoms. The third-order valence-corrected chi connectivity index (χ3v) is 3.15. The lowest BCUT2D eigenvalue weighted by Crippen LogP contribution is -2.30. The van der Waals surface area contributed by atoms with Crippen molar-refractivity contribution in [3.63, 3.8) is 0 Å². The van der Waals surface area contributed by atoms with Crippen molar-refractivity contribution in [3.05, 3.63) is 16.9 Å². The Bertz CT molecular complexity index is 302. The molecule has 1 aromatic rings. The van der Waals surface area contributed by atoms with Crippen LogP contribution in [0.15, 0.2) is 6.20 Å². The molecule has 1 N–H and O–H groups in total. The number of aromatic nitrogens is 2. The first-order valence-electron chi connectivity index (χ1n) is 5.25. The number of nitrogens with one attached hydrogen (secondary N) is 1. The molecule has 1 aliphatic heterocycles. The summed E-state index contributed by atoms with van der Waals surface area (Å²) in [5.74, 6) is 0. The molecule has 0 saturated carbocycles. The highest BCUT2D eigenvalue weighted by atomic mass is 35.5. The van der Waals surface area contributed by atoms with Gasteiger partial charge in [-0.3, -0.25) is 4.68 Å². The molecular formula is C10H16ClN3. The first-order valence-corrected chi connectivity index (χ1v) is 5.63. The predicted octanol–water partition coefficient (Wildman–Crippen LogP) is 2.02. The molecular weight excluding hydrogens is 198 g/mol. The van der Waals surface area contributed by atoms with Gasteiger partial charge >= 0.3 is 0 Å². The zero-order valence-electron chi connectivity index (χ0n) is 8.46. The lowest BCUT2D eigenvalue weighted by atomic mass is 10.1. The molecule has 0 aromatic carbocycles. The molecule has 3 nitrogen and oxygen atoms in total. The fourth-order valence-corrected chi connectivity index (χ4v) is 2.33. The fraction of sp³-hybridized carbons (Fsp3) is 0.700. The van der Waals surface area contributed by atoms with Crippen LogP contribution in [0.2, 0.25) is 5.02 Å². The highest BCUT2D eigenvalue weighted by molar-refractivity contribution is 6.31. The minimum Gasteiger partial charge on any atom is -0.317 e. The van der Waals surface area contributed by atoms with E-state index in [0.717, 1.165) is 37.4 Å². The van der Waals surface area contributed by atoms with Gasteiger partial charge < -0.3 is 5.32 Å². The molecule has 2 rings (SSSR count). The van der Waals surface area contributed by atoms with E-state index >= 15 is 0 Å². The van der Waals surface area contributed by atoms with Gasteiger partial charge in [-0.15, -0.1) is 0 Å². The standard InChI is InChI=1S/C10H16ClN3/c1-2-10-9(11)7-13-14(10)8-3-5-12-6-4-8/h7-8,12H,2-6H2,1H3. The van der Waals surface area contributed by atoms with Gasteiger partial charge in [-0.2, -0.15) is 5.10 Å². The smallest absolute Gasteiger partial charge is 0.0817 e. The monoisotopic (exact) mass is 213 g/mol. The highest BCUT2D eigenvalue weighted by Gasteiger charge is 2.18. The number of hydrogen-bond donors (Lipinski definition) is 1. The van der Waals surface area contributed by atoms with E-state index < -0.39 is 0 Å². The van der Waals surface area contributed by atoms with E-state index in [9.17, 15) is 0 Å². The number of hydrogen-bond acceptors (Lipinski definition) is 2. The largest absolute Gasteiger partial charge is 0.317 e. The average molecular weight is 214 g/mol. The zero-order valence-corrected chi connectivity index (χ0v) is 9.22. The Hall–Kier alpha value is -0.540. The van der Waals surface area contributed by atoms with Gasteiger partial charge in [0.25, 0.3) is 0 Å². The number of rotatable bonds is 2. The SMILES string of the molecule is CCc1c(Cl)cnn1C1CCNCC1. The van der Waals surface area contributed by atoms with E-state index in [0.29, 0.717) is 6.04 Å². The van der Waals surface area contributed by atoms with Gasteiger partial charge in [0.15, 0.2) is 0 Å². The van der Waals surface area contributed by atoms with Crippen LogP contribution in [0.4, 0.5) is 0 Å². The van der Waals surface area contributed by atoms with Gasteiger partial charge in [0.1, 0.15) is 0 Å². The molecule has 1 aromatic heterocycles. The lowest BCUT2D eigenvalue weighted by molar-refractivity contribution is 0.336. The van der Waals surface area contributed by atoms with Gasteiger partial charge in [0, 0.05) is 0 Å². The summed E-state index contributed by atoms with van der Waals surface area (Å²) in [4.78, 5) is 0. The molecule has 1 fully saturated rings. The van der Waals surface area contributed by atoms with Crippen LogP contribution in [-0.4, -0.2) is 22.9 Å². The maximum absolute atomic E-state index is 6.07. The molecule has 0 amide bonds. The quantitative estimate of drug-likeness (QED) is 0.815. The van der Waals surface area contributed by atoms with Crippen molar-refractivity contribution < 1.29 is 0 Å². The van der Waals surface area contributed by atoms with Crippen LogP contribution < -0.4 is 5.32 Å². The predicted molar refractivity (Wildman–Crippen MR) is 57.8 cm³/mol. The second-order valence-corrected chi connectivity index (χ2v) is 4.13. The molecule has 0 unspecified atom stereocenters. The third kappa shape index (κ3) is 1.79. The number of piperidine rings is 1. The molecule has 1 saturated heterocycles. The van der Waals surface area contributed by atoms with Crippen LogP contribution in [0.25, 0.3) is 0 Å². The van der Waals surface area contributed by atoms with Crippen LogP contribution in [0, 0.1) is 0 Å². The fourth-order valence-electron chi connectivity index (χ4n) is 2.06. The first kappa shape index (κ1) is 9.99. The zero-order chi connectivity index (χ0) is 9.97. The highest BCUT2D eigenvalue weighted by Crippen LogP contribution is 2.24. The Balaban J connectivity index is 2.21. The maximum Gasteiger partial charge on any atom is 0.0817 e. The first-order chi connectivity index (χ1) is 6.83. The van der Waals surface area contributed by atoms with Gasteiger partial charge in [-0.05, 0) is 32.4 Å². The Labute approximate surface area is 89.4 Å². The molecule has 0 aliphatic carbocycles. The summed E-state index contributed by atoms with van der Waals surface area (Å²) in [5.41, 5.74) is 1.18. The van der Waals surface area contributed by atoms with E-state index in [2.05, 4.69) is 22.0 Å². The van der Waals surface area contributed by atoms with Crippen molar-refractivity contribution in [1.82, 2.24) is 15.1 Å². The van der Waals surface area contributed by atoms with Gasteiger partial charge in [-0.25, -0.2) is 0 Å². The average Bonchev–Trinajstić information content (AvgIpc) is 2.61. The number of halogens is 1. The number of nitrogens with zero attached hydrogens (tertiary/aromatic N) is 2. The van der Waals surface area contributed by atoms with Crippen molar-refractivity contribution in [2.24, 2.45) is 0 Å². The summed E-state index contributed by atoms with van der Waals surface area (Å²) in [6.07, 6.45) is 5.04. The van der Waals surface area contributed by atoms with Crippen LogP contribution >= 0.6 is 11.6 Å². The molecule has 2 heterocycles. The second kappa shape index (κ2) is 4.32. The Morgan fingerprint density at radius 1 is 1.57 bits per heavy atom. The Morgan fingerprint density at radius 2 is 2.29 bits per heavy atom. The molecule has 78 valence electrons. The molecule has 0 bridgehead atoms. The van der Waals surface area contributed by atoms with Crippen LogP contribution in [0.5, 0.6) is 0 Å². The van der Waals surface area contributed by atoms with Gasteiger partial charge in [0.2, 0.25) is 0 Å². The van der Waals surface area contributed by atoms with Crippen LogP contribution in [0.3, 0.4) is 0 Å². The molecule has 1 aliphatic rings. The summed E-state index contributed by atoms with van der Waals surface area (Å²) < 4.78 is 2.11. The molecule has 4 heteroatoms. The van der Waals surface area contributed by atoms with Crippen molar-refractivity contribution in [1.29, 1.82) is 0 Å². The topological polar surface area (TPSA) is 29.9 Å². The third-order valence-electron chi connectivity index (χ3n) is 2.84. The molecule has 0 atom stereocenters. The normalized spacial score (nSPS) is 18.7. The molecule has 0 radical (unpaired) electrons. The van der Waals surface area contributed by atoms with Crippen molar-refractivity contribution in [3.8, 4) is 0 Å². The Kier molecular flexibility index (Phi) is 3.08. The second-order valence-electron chi connectivity index (χ2n) is 3.72. The van der Waals surface area contributed by atoms with E-state index in [4.69, 9.17) is 11.6 Å². The van der Waals surface area contributed by atoms with Crippen LogP contribution in [0.1, 0.15) is 31.5 Å². The van der Waals surface area contributed by atoms with E-state index in [1.807, 2.05) is 0 Å². The van der Waals surface area contributed by atoms with Crippen molar-refractivity contribution in [2.75, 3.05) is 13.1 Å². The van der Waals surface area contributed by atoms with E-state index in [-0.39, 0.29) is 0 Å². The minimum atomic E-state index is 0.540. The lowest BCUT2D eigenvalue weighted by Gasteiger charge is -2.24. The Morgan fingerprint density at radius 3 is 2.93 bits per heavy atom. The summed E-state index contributed by atoms with van der Waals surface area (Å²) in [6, 6.07) is 0.540. The van der Waals surface area contributed by atoms with E-state index in [1.165, 1.54) is 5.69 Å². The summed E-state index contributed by atoms with van der Waals surface area (Å²) in [6.45, 7) is 4.30. The minimum absolute atomic E-state index is 0.540. The van der Waals surface area contributed by atoms with Gasteiger partial charge in [0.05, 0.1) is 23.0 Å². The van der Waals surface area contributed by atoms with Crippen molar-refractivity contribution >= 4 is 11.6 Å². The van der Waals surface area contributed by atoms with Crippen molar-refractivity contribution in [2.45, 2.75) is 32.2 Å². The van der Waals surface area contributed by atoms with E-state index in [1.54, 1.807) is 6.20 Å². The van der Waals surface area contributed by atoms with Crippen LogP contribution in [-0.2, 0) is 6.42 Å². The summed E-state index contributed by atoms with van der Waals surface area (Å²) >= 11 is 6.07. The van der Waals surface area contributed by atoms with Gasteiger partial charge in [-0.1, -0.05) is 18.5 Å².